The molecule has 0 aromatic carbocycles. The Labute approximate surface area is 111 Å². The molecule has 4 aliphatic rings. The minimum absolute atomic E-state index is 0.120. The van der Waals surface area contributed by atoms with E-state index in [1.165, 1.54) is 0 Å². The summed E-state index contributed by atoms with van der Waals surface area (Å²) in [6, 6.07) is 0. The number of hydrogen-bond acceptors (Lipinski definition) is 3. The zero-order chi connectivity index (χ0) is 13.8. The molecule has 4 fully saturated rings. The molecule has 1 N–H and O–H groups in total. The normalized spacial score (nSPS) is 44.4. The Bertz CT molecular complexity index is 375. The van der Waals surface area contributed by atoms with Gasteiger partial charge in [-0.05, 0) is 49.9 Å². The summed E-state index contributed by atoms with van der Waals surface area (Å²) >= 11 is 0. The van der Waals surface area contributed by atoms with Crippen LogP contribution in [0, 0.1) is 23.7 Å². The molecule has 0 amide bonds. The van der Waals surface area contributed by atoms with Gasteiger partial charge in [0.25, 0.3) is 5.92 Å². The fourth-order valence-corrected chi connectivity index (χ4v) is 4.66. The lowest BCUT2D eigenvalue weighted by Crippen LogP contribution is -2.56. The molecule has 3 nitrogen and oxygen atoms in total. The summed E-state index contributed by atoms with van der Waals surface area (Å²) in [5, 5.41) is 10.4. The topological polar surface area (TPSA) is 46.5 Å². The van der Waals surface area contributed by atoms with Crippen LogP contribution in [-0.2, 0) is 9.53 Å². The Morgan fingerprint density at radius 1 is 1.32 bits per heavy atom. The molecule has 108 valence electrons. The minimum atomic E-state index is -2.97. The van der Waals surface area contributed by atoms with E-state index in [9.17, 15) is 18.7 Å². The Hall–Kier alpha value is -0.710. The van der Waals surface area contributed by atoms with Crippen molar-refractivity contribution in [2.45, 2.75) is 50.6 Å². The van der Waals surface area contributed by atoms with Gasteiger partial charge >= 0.3 is 5.97 Å². The summed E-state index contributed by atoms with van der Waals surface area (Å²) in [4.78, 5) is 12.0. The van der Waals surface area contributed by atoms with Crippen molar-refractivity contribution in [3.63, 3.8) is 0 Å². The fourth-order valence-electron chi connectivity index (χ4n) is 4.66. The smallest absolute Gasteiger partial charge is 0.309 e. The molecule has 5 heteroatoms. The van der Waals surface area contributed by atoms with Gasteiger partial charge in [-0.15, -0.1) is 0 Å². The number of aliphatic hydroxyl groups is 1. The zero-order valence-electron chi connectivity index (χ0n) is 11.1. The largest absolute Gasteiger partial charge is 0.459 e. The van der Waals surface area contributed by atoms with Gasteiger partial charge < -0.3 is 9.84 Å². The Balaban J connectivity index is 1.68. The van der Waals surface area contributed by atoms with E-state index >= 15 is 0 Å². The molecule has 0 saturated heterocycles. The van der Waals surface area contributed by atoms with Gasteiger partial charge in [-0.3, -0.25) is 4.79 Å². The van der Waals surface area contributed by atoms with E-state index in [1.54, 1.807) is 0 Å². The lowest BCUT2D eigenvalue weighted by molar-refractivity contribution is -0.187. The van der Waals surface area contributed by atoms with Gasteiger partial charge in [-0.1, -0.05) is 0 Å². The van der Waals surface area contributed by atoms with E-state index in [-0.39, 0.29) is 17.8 Å². The van der Waals surface area contributed by atoms with Crippen LogP contribution in [0.4, 0.5) is 8.78 Å². The number of halogens is 2. The van der Waals surface area contributed by atoms with E-state index in [0.29, 0.717) is 18.8 Å². The van der Waals surface area contributed by atoms with Gasteiger partial charge in [0.2, 0.25) is 0 Å². The van der Waals surface area contributed by atoms with Gasteiger partial charge in [-0.25, -0.2) is 8.78 Å². The number of alkyl halides is 2. The van der Waals surface area contributed by atoms with Crippen molar-refractivity contribution in [2.24, 2.45) is 23.7 Å². The number of hydrogen-bond donors (Lipinski definition) is 1. The maximum absolute atomic E-state index is 12.8. The van der Waals surface area contributed by atoms with Crippen molar-refractivity contribution in [3.8, 4) is 0 Å². The second-order valence-corrected chi connectivity index (χ2v) is 6.90. The van der Waals surface area contributed by atoms with Crippen molar-refractivity contribution in [1.29, 1.82) is 0 Å². The van der Waals surface area contributed by atoms with Crippen LogP contribution < -0.4 is 0 Å². The predicted octanol–water partition coefficient (Wildman–Crippen LogP) is 2.37. The SMILES string of the molecule is CC(F)(F)COC(=O)C1C2CC3CC1CC(O)(C3)C2. The van der Waals surface area contributed by atoms with Crippen LogP contribution in [-0.4, -0.2) is 29.2 Å². The molecule has 19 heavy (non-hydrogen) atoms. The Morgan fingerprint density at radius 2 is 1.89 bits per heavy atom. The zero-order valence-corrected chi connectivity index (χ0v) is 11.1. The third kappa shape index (κ3) is 2.49. The molecule has 2 atom stereocenters. The van der Waals surface area contributed by atoms with E-state index in [4.69, 9.17) is 4.74 Å². The average molecular weight is 274 g/mol. The van der Waals surface area contributed by atoms with Crippen molar-refractivity contribution < 1.29 is 23.4 Å². The van der Waals surface area contributed by atoms with Gasteiger partial charge in [-0.2, -0.15) is 0 Å². The Kier molecular flexibility index (Phi) is 2.89. The molecule has 0 aromatic rings. The van der Waals surface area contributed by atoms with Crippen molar-refractivity contribution in [1.82, 2.24) is 0 Å². The highest BCUT2D eigenvalue weighted by Crippen LogP contribution is 2.58. The predicted molar refractivity (Wildman–Crippen MR) is 63.6 cm³/mol. The highest BCUT2D eigenvalue weighted by atomic mass is 19.3. The van der Waals surface area contributed by atoms with Crippen LogP contribution in [0.1, 0.15) is 39.0 Å². The van der Waals surface area contributed by atoms with Crippen molar-refractivity contribution >= 4 is 5.97 Å². The number of esters is 1. The molecule has 0 aromatic heterocycles. The van der Waals surface area contributed by atoms with Gasteiger partial charge in [0.15, 0.2) is 6.61 Å². The summed E-state index contributed by atoms with van der Waals surface area (Å²) in [7, 11) is 0. The van der Waals surface area contributed by atoms with Gasteiger partial charge in [0, 0.05) is 6.92 Å². The summed E-state index contributed by atoms with van der Waals surface area (Å²) in [6.07, 6.45) is 3.96. The first-order valence-corrected chi connectivity index (χ1v) is 7.03. The van der Waals surface area contributed by atoms with Gasteiger partial charge in [0.05, 0.1) is 11.5 Å². The molecule has 2 unspecified atom stereocenters. The van der Waals surface area contributed by atoms with Gasteiger partial charge in [0.1, 0.15) is 0 Å². The summed E-state index contributed by atoms with van der Waals surface area (Å²) in [6.45, 7) is -0.0879. The number of carbonyl (C=O) groups is 1. The van der Waals surface area contributed by atoms with Crippen LogP contribution in [0.3, 0.4) is 0 Å². The second-order valence-electron chi connectivity index (χ2n) is 6.90. The molecular weight excluding hydrogens is 254 g/mol. The maximum Gasteiger partial charge on any atom is 0.309 e. The molecule has 0 radical (unpaired) electrons. The highest BCUT2D eigenvalue weighted by molar-refractivity contribution is 5.73. The standard InChI is InChI=1S/C14H20F2O3/c1-13(15,16)7-19-12(17)11-9-2-8-3-10(11)6-14(18,4-8)5-9/h8-11,18H,2-7H2,1H3. The van der Waals surface area contributed by atoms with Crippen LogP contribution in [0.5, 0.6) is 0 Å². The number of ether oxygens (including phenoxy) is 1. The minimum Gasteiger partial charge on any atom is -0.459 e. The van der Waals surface area contributed by atoms with Crippen LogP contribution >= 0.6 is 0 Å². The van der Waals surface area contributed by atoms with E-state index in [2.05, 4.69) is 0 Å². The molecular formula is C14H20F2O3. The third-order valence-electron chi connectivity index (χ3n) is 4.98. The van der Waals surface area contributed by atoms with Crippen LogP contribution in [0.25, 0.3) is 0 Å². The molecule has 4 bridgehead atoms. The average Bonchev–Trinajstić information content (AvgIpc) is 2.22. The van der Waals surface area contributed by atoms with Crippen LogP contribution in [0.2, 0.25) is 0 Å². The lowest BCUT2D eigenvalue weighted by Gasteiger charge is -2.57. The highest BCUT2D eigenvalue weighted by Gasteiger charge is 2.57. The van der Waals surface area contributed by atoms with Crippen molar-refractivity contribution in [3.05, 3.63) is 0 Å². The summed E-state index contributed by atoms with van der Waals surface area (Å²) in [5.74, 6) is -3.00. The quantitative estimate of drug-likeness (QED) is 0.804. The fraction of sp³-hybridized carbons (Fsp3) is 0.929. The molecule has 4 rings (SSSR count). The first kappa shape index (κ1) is 13.3. The number of carbonyl (C=O) groups excluding carboxylic acids is 1. The lowest BCUT2D eigenvalue weighted by atomic mass is 9.50. The first-order valence-electron chi connectivity index (χ1n) is 7.03. The first-order chi connectivity index (χ1) is 8.76. The molecule has 0 aliphatic heterocycles. The molecule has 4 aliphatic carbocycles. The summed E-state index contributed by atoms with van der Waals surface area (Å²) in [5.41, 5.74) is -0.609. The van der Waals surface area contributed by atoms with Crippen molar-refractivity contribution in [2.75, 3.05) is 6.61 Å². The third-order valence-corrected chi connectivity index (χ3v) is 4.98. The number of rotatable bonds is 3. The summed E-state index contributed by atoms with van der Waals surface area (Å²) < 4.78 is 30.3. The van der Waals surface area contributed by atoms with E-state index in [0.717, 1.165) is 26.2 Å². The maximum atomic E-state index is 12.8. The monoisotopic (exact) mass is 274 g/mol. The molecule has 4 saturated carbocycles. The van der Waals surface area contributed by atoms with E-state index < -0.39 is 24.1 Å². The Morgan fingerprint density at radius 3 is 2.37 bits per heavy atom. The molecule has 0 spiro atoms. The van der Waals surface area contributed by atoms with E-state index in [1.807, 2.05) is 0 Å². The molecule has 0 heterocycles. The second kappa shape index (κ2) is 4.14. The van der Waals surface area contributed by atoms with Crippen LogP contribution in [0.15, 0.2) is 0 Å².